The Labute approximate surface area is 243 Å². The van der Waals surface area contributed by atoms with Crippen molar-refractivity contribution in [3.05, 3.63) is 101 Å². The number of rotatable bonds is 14. The average molecular weight is 580 g/mol. The molecule has 1 aliphatic carbocycles. The summed E-state index contributed by atoms with van der Waals surface area (Å²) in [5.41, 5.74) is 7.01. The molecule has 3 aromatic carbocycles. The van der Waals surface area contributed by atoms with Crippen molar-refractivity contribution >= 4 is 23.0 Å². The molecule has 1 aliphatic rings. The highest BCUT2D eigenvalue weighted by molar-refractivity contribution is 6.11. The highest BCUT2D eigenvalue weighted by Gasteiger charge is 2.33. The second-order valence-corrected chi connectivity index (χ2v) is 10.3. The summed E-state index contributed by atoms with van der Waals surface area (Å²) in [5, 5.41) is 16.5. The molecule has 7 nitrogen and oxygen atoms in total. The number of halogens is 3. The normalized spacial score (nSPS) is 14.3. The smallest absolute Gasteiger partial charge is 0.432 e. The number of hydrogen-bond donors (Lipinski definition) is 5. The molecule has 6 N–H and O–H groups in total. The van der Waals surface area contributed by atoms with Gasteiger partial charge in [0.1, 0.15) is 17.2 Å². The quantitative estimate of drug-likeness (QED) is 0.110. The Kier molecular flexibility index (Phi) is 10.4. The Morgan fingerprint density at radius 1 is 1.02 bits per heavy atom. The number of amides is 1. The summed E-state index contributed by atoms with van der Waals surface area (Å²) in [5.74, 6) is 0.595. The SMILES string of the molecule is CCCOc1ccc(C(NCC2CC2)c2cccc(NC(=O)/C(=C/C(=N)C(F)(F)F)Nc3cccc(CN)c3)c2)cc1. The molecule has 222 valence electrons. The third-order valence-electron chi connectivity index (χ3n) is 6.75. The largest absolute Gasteiger partial charge is 0.494 e. The van der Waals surface area contributed by atoms with Crippen LogP contribution < -0.4 is 26.4 Å². The Morgan fingerprint density at radius 3 is 2.36 bits per heavy atom. The fraction of sp³-hybridized carbons (Fsp3) is 0.312. The Morgan fingerprint density at radius 2 is 1.71 bits per heavy atom. The summed E-state index contributed by atoms with van der Waals surface area (Å²) >= 11 is 0. The molecule has 4 rings (SSSR count). The van der Waals surface area contributed by atoms with E-state index in [1.165, 1.54) is 12.8 Å². The molecule has 0 spiro atoms. The first kappa shape index (κ1) is 30.8. The van der Waals surface area contributed by atoms with Crippen LogP contribution in [0.1, 0.15) is 48.9 Å². The predicted octanol–water partition coefficient (Wildman–Crippen LogP) is 6.54. The van der Waals surface area contributed by atoms with Crippen LogP contribution >= 0.6 is 0 Å². The zero-order valence-corrected chi connectivity index (χ0v) is 23.4. The van der Waals surface area contributed by atoms with Crippen LogP contribution in [0.2, 0.25) is 0 Å². The molecule has 0 saturated heterocycles. The second-order valence-electron chi connectivity index (χ2n) is 10.3. The molecule has 0 heterocycles. The van der Waals surface area contributed by atoms with Crippen molar-refractivity contribution in [2.45, 2.75) is 44.9 Å². The highest BCUT2D eigenvalue weighted by Crippen LogP contribution is 2.31. The number of ether oxygens (including phenoxy) is 1. The maximum atomic E-state index is 13.3. The minimum atomic E-state index is -4.91. The van der Waals surface area contributed by atoms with Gasteiger partial charge in [-0.3, -0.25) is 10.2 Å². The van der Waals surface area contributed by atoms with Gasteiger partial charge in [0, 0.05) is 17.9 Å². The molecule has 3 aromatic rings. The summed E-state index contributed by atoms with van der Waals surface area (Å²) in [4.78, 5) is 13.3. The Balaban J connectivity index is 1.58. The van der Waals surface area contributed by atoms with Crippen molar-refractivity contribution in [2.24, 2.45) is 11.7 Å². The van der Waals surface area contributed by atoms with Gasteiger partial charge in [-0.1, -0.05) is 43.3 Å². The maximum absolute atomic E-state index is 13.3. The van der Waals surface area contributed by atoms with E-state index in [-0.39, 0.29) is 12.6 Å². The van der Waals surface area contributed by atoms with E-state index in [1.807, 2.05) is 37.3 Å². The lowest BCUT2D eigenvalue weighted by molar-refractivity contribution is -0.112. The van der Waals surface area contributed by atoms with Crippen LogP contribution in [-0.4, -0.2) is 30.9 Å². The third kappa shape index (κ3) is 8.92. The summed E-state index contributed by atoms with van der Waals surface area (Å²) in [6.07, 6.45) is -1.15. The van der Waals surface area contributed by atoms with Crippen LogP contribution in [0.5, 0.6) is 5.75 Å². The molecule has 0 aromatic heterocycles. The molecule has 1 unspecified atom stereocenters. The van der Waals surface area contributed by atoms with Gasteiger partial charge in [-0.25, -0.2) is 0 Å². The number of allylic oxidation sites excluding steroid dienone is 1. The summed E-state index contributed by atoms with van der Waals surface area (Å²) in [6, 6.07) is 21.6. The van der Waals surface area contributed by atoms with Crippen LogP contribution in [0.25, 0.3) is 0 Å². The van der Waals surface area contributed by atoms with E-state index in [9.17, 15) is 18.0 Å². The number of carbonyl (C=O) groups excluding carboxylic acids is 1. The molecule has 0 aliphatic heterocycles. The van der Waals surface area contributed by atoms with Crippen molar-refractivity contribution in [1.82, 2.24) is 5.32 Å². The molecule has 1 amide bonds. The van der Waals surface area contributed by atoms with Gasteiger partial charge in [0.25, 0.3) is 5.91 Å². The van der Waals surface area contributed by atoms with Gasteiger partial charge in [0.15, 0.2) is 0 Å². The van der Waals surface area contributed by atoms with Gasteiger partial charge in [-0.15, -0.1) is 0 Å². The molecular formula is C32H36F3N5O2. The fourth-order valence-corrected chi connectivity index (χ4v) is 4.32. The standard InChI is InChI=1S/C32H36F3N5O2/c1-2-15-42-27-13-11-23(12-14-27)30(38-20-21-9-10-21)24-6-4-8-26(17-24)40-31(41)28(18-29(37)32(33,34)35)39-25-7-3-5-22(16-25)19-36/h3-8,11-14,16-18,21,30,37-39H,2,9-10,15,19-20,36H2,1H3,(H,40,41)/b28-18-,37-29?. The third-order valence-corrected chi connectivity index (χ3v) is 6.75. The summed E-state index contributed by atoms with van der Waals surface area (Å²) < 4.78 is 45.4. The maximum Gasteiger partial charge on any atom is 0.432 e. The van der Waals surface area contributed by atoms with Gasteiger partial charge in [-0.05, 0) is 90.9 Å². The number of nitrogens with one attached hydrogen (secondary N) is 4. The number of benzene rings is 3. The van der Waals surface area contributed by atoms with Crippen LogP contribution in [0.15, 0.2) is 84.6 Å². The molecule has 0 radical (unpaired) electrons. The first-order chi connectivity index (χ1) is 20.2. The van der Waals surface area contributed by atoms with E-state index in [0.717, 1.165) is 35.4 Å². The van der Waals surface area contributed by atoms with E-state index in [1.54, 1.807) is 42.5 Å². The molecule has 0 bridgehead atoms. The minimum absolute atomic E-state index is 0.173. The lowest BCUT2D eigenvalue weighted by Crippen LogP contribution is -2.26. The van der Waals surface area contributed by atoms with Gasteiger partial charge in [-0.2, -0.15) is 13.2 Å². The van der Waals surface area contributed by atoms with Crippen LogP contribution in [-0.2, 0) is 11.3 Å². The lowest BCUT2D eigenvalue weighted by Gasteiger charge is -2.21. The van der Waals surface area contributed by atoms with Gasteiger partial charge >= 0.3 is 6.18 Å². The summed E-state index contributed by atoms with van der Waals surface area (Å²) in [7, 11) is 0. The number of nitrogens with two attached hydrogens (primary N) is 1. The zero-order valence-electron chi connectivity index (χ0n) is 23.4. The van der Waals surface area contributed by atoms with E-state index in [0.29, 0.717) is 30.0 Å². The monoisotopic (exact) mass is 579 g/mol. The van der Waals surface area contributed by atoms with E-state index in [4.69, 9.17) is 15.9 Å². The van der Waals surface area contributed by atoms with Crippen LogP contribution in [0.4, 0.5) is 24.5 Å². The van der Waals surface area contributed by atoms with Crippen molar-refractivity contribution in [3.8, 4) is 5.75 Å². The summed E-state index contributed by atoms with van der Waals surface area (Å²) in [6.45, 7) is 3.74. The Bertz CT molecular complexity index is 1400. The van der Waals surface area contributed by atoms with Crippen LogP contribution in [0.3, 0.4) is 0 Å². The molecule has 42 heavy (non-hydrogen) atoms. The van der Waals surface area contributed by atoms with Crippen molar-refractivity contribution in [1.29, 1.82) is 5.41 Å². The first-order valence-electron chi connectivity index (χ1n) is 14.0. The molecule has 1 fully saturated rings. The molecule has 1 saturated carbocycles. The highest BCUT2D eigenvalue weighted by atomic mass is 19.4. The molecule has 1 atom stereocenters. The van der Waals surface area contributed by atoms with Gasteiger partial charge in [0.05, 0.1) is 12.6 Å². The van der Waals surface area contributed by atoms with Gasteiger partial charge < -0.3 is 26.4 Å². The fourth-order valence-electron chi connectivity index (χ4n) is 4.32. The van der Waals surface area contributed by atoms with E-state index >= 15 is 0 Å². The molecule has 10 heteroatoms. The number of carbonyl (C=O) groups is 1. The Hall–Kier alpha value is -4.15. The van der Waals surface area contributed by atoms with E-state index in [2.05, 4.69) is 16.0 Å². The van der Waals surface area contributed by atoms with Crippen LogP contribution in [0, 0.1) is 11.3 Å². The predicted molar refractivity (Wildman–Crippen MR) is 160 cm³/mol. The topological polar surface area (TPSA) is 112 Å². The van der Waals surface area contributed by atoms with Crippen molar-refractivity contribution in [3.63, 3.8) is 0 Å². The number of alkyl halides is 3. The first-order valence-corrected chi connectivity index (χ1v) is 14.0. The number of hydrogen-bond acceptors (Lipinski definition) is 6. The van der Waals surface area contributed by atoms with Crippen molar-refractivity contribution in [2.75, 3.05) is 23.8 Å². The second kappa shape index (κ2) is 14.2. The van der Waals surface area contributed by atoms with Crippen molar-refractivity contribution < 1.29 is 22.7 Å². The van der Waals surface area contributed by atoms with Gasteiger partial charge in [0.2, 0.25) is 0 Å². The minimum Gasteiger partial charge on any atom is -0.494 e. The van der Waals surface area contributed by atoms with E-state index < -0.39 is 23.5 Å². The molecular weight excluding hydrogens is 543 g/mol. The lowest BCUT2D eigenvalue weighted by atomic mass is 9.97. The zero-order chi connectivity index (χ0) is 30.1. The number of anilines is 2. The average Bonchev–Trinajstić information content (AvgIpc) is 3.81.